The third kappa shape index (κ3) is 4.61. The molecule has 1 heterocycles. The van der Waals surface area contributed by atoms with Gasteiger partial charge in [0.25, 0.3) is 0 Å². The summed E-state index contributed by atoms with van der Waals surface area (Å²) in [5.74, 6) is 0. The second kappa shape index (κ2) is 7.85. The highest BCUT2D eigenvalue weighted by molar-refractivity contribution is 7.99. The predicted molar refractivity (Wildman–Crippen MR) is 93.6 cm³/mol. The lowest BCUT2D eigenvalue weighted by Gasteiger charge is -2.06. The van der Waals surface area contributed by atoms with E-state index in [4.69, 9.17) is 5.11 Å². The van der Waals surface area contributed by atoms with Crippen molar-refractivity contribution in [3.63, 3.8) is 0 Å². The summed E-state index contributed by atoms with van der Waals surface area (Å²) in [5, 5.41) is 16.4. The molecule has 0 fully saturated rings. The van der Waals surface area contributed by atoms with Gasteiger partial charge < -0.3 is 10.4 Å². The first-order valence-electron chi connectivity index (χ1n) is 7.52. The normalized spacial score (nSPS) is 10.7. The first-order chi connectivity index (χ1) is 11.3. The number of nitrogens with one attached hydrogen (secondary N) is 1. The molecule has 3 aromatic rings. The van der Waals surface area contributed by atoms with E-state index in [-0.39, 0.29) is 6.61 Å². The highest BCUT2D eigenvalue weighted by Crippen LogP contribution is 2.27. The molecular weight excluding hydrogens is 306 g/mol. The van der Waals surface area contributed by atoms with Gasteiger partial charge in [-0.25, -0.2) is 0 Å². The Labute approximate surface area is 140 Å². The van der Waals surface area contributed by atoms with Crippen LogP contribution in [0.4, 0.5) is 5.69 Å². The van der Waals surface area contributed by atoms with Crippen LogP contribution in [0.2, 0.25) is 0 Å². The standard InChI is InChI=1S/C18H19N3OS/c22-11-10-21-14-16(13-20-21)19-12-15-6-8-18(9-7-15)23-17-4-2-1-3-5-17/h1-9,13-14,19,22H,10-12H2. The van der Waals surface area contributed by atoms with Gasteiger partial charge >= 0.3 is 0 Å². The third-order valence-corrected chi connectivity index (χ3v) is 4.38. The first kappa shape index (κ1) is 15.6. The van der Waals surface area contributed by atoms with Gasteiger partial charge in [-0.05, 0) is 29.8 Å². The van der Waals surface area contributed by atoms with Gasteiger partial charge in [-0.1, -0.05) is 42.1 Å². The summed E-state index contributed by atoms with van der Waals surface area (Å²) >= 11 is 1.76. The van der Waals surface area contributed by atoms with Crippen molar-refractivity contribution in [1.82, 2.24) is 9.78 Å². The van der Waals surface area contributed by atoms with Crippen LogP contribution < -0.4 is 5.32 Å². The van der Waals surface area contributed by atoms with Gasteiger partial charge in [0, 0.05) is 22.5 Å². The average molecular weight is 325 g/mol. The summed E-state index contributed by atoms with van der Waals surface area (Å²) < 4.78 is 1.72. The summed E-state index contributed by atoms with van der Waals surface area (Å²) in [5.41, 5.74) is 2.18. The maximum absolute atomic E-state index is 8.89. The molecule has 5 heteroatoms. The minimum atomic E-state index is 0.0989. The van der Waals surface area contributed by atoms with Gasteiger partial charge in [0.15, 0.2) is 0 Å². The van der Waals surface area contributed by atoms with Gasteiger partial charge in [-0.15, -0.1) is 0 Å². The van der Waals surface area contributed by atoms with Crippen molar-refractivity contribution in [3.05, 3.63) is 72.6 Å². The Kier molecular flexibility index (Phi) is 5.34. The number of benzene rings is 2. The zero-order chi connectivity index (χ0) is 15.9. The minimum absolute atomic E-state index is 0.0989. The molecule has 0 saturated heterocycles. The van der Waals surface area contributed by atoms with Crippen LogP contribution in [0, 0.1) is 0 Å². The van der Waals surface area contributed by atoms with Gasteiger partial charge in [0.1, 0.15) is 0 Å². The van der Waals surface area contributed by atoms with E-state index < -0.39 is 0 Å². The summed E-state index contributed by atoms with van der Waals surface area (Å²) in [7, 11) is 0. The SMILES string of the molecule is OCCn1cc(NCc2ccc(Sc3ccccc3)cc2)cn1. The van der Waals surface area contributed by atoms with Crippen molar-refractivity contribution in [3.8, 4) is 0 Å². The number of hydrogen-bond acceptors (Lipinski definition) is 4. The number of aliphatic hydroxyl groups excluding tert-OH is 1. The number of rotatable bonds is 7. The van der Waals surface area contributed by atoms with Crippen LogP contribution in [0.3, 0.4) is 0 Å². The van der Waals surface area contributed by atoms with E-state index in [9.17, 15) is 0 Å². The van der Waals surface area contributed by atoms with Crippen LogP contribution in [0.25, 0.3) is 0 Å². The summed E-state index contributed by atoms with van der Waals surface area (Å²) in [6.07, 6.45) is 3.67. The van der Waals surface area contributed by atoms with E-state index in [0.717, 1.165) is 12.2 Å². The average Bonchev–Trinajstić information content (AvgIpc) is 3.03. The molecule has 0 aliphatic rings. The van der Waals surface area contributed by atoms with E-state index >= 15 is 0 Å². The Morgan fingerprint density at radius 1 is 1.00 bits per heavy atom. The molecule has 0 bridgehead atoms. The van der Waals surface area contributed by atoms with E-state index in [1.807, 2.05) is 12.3 Å². The number of aromatic nitrogens is 2. The van der Waals surface area contributed by atoms with Crippen molar-refractivity contribution in [2.24, 2.45) is 0 Å². The lowest BCUT2D eigenvalue weighted by atomic mass is 10.2. The largest absolute Gasteiger partial charge is 0.394 e. The Morgan fingerprint density at radius 3 is 2.48 bits per heavy atom. The smallest absolute Gasteiger partial charge is 0.0729 e. The molecule has 0 aliphatic heterocycles. The highest BCUT2D eigenvalue weighted by Gasteiger charge is 2.00. The van der Waals surface area contributed by atoms with Crippen LogP contribution in [-0.2, 0) is 13.1 Å². The summed E-state index contributed by atoms with van der Waals surface area (Å²) in [6, 6.07) is 18.9. The first-order valence-corrected chi connectivity index (χ1v) is 8.34. The third-order valence-electron chi connectivity index (χ3n) is 3.36. The molecule has 3 rings (SSSR count). The van der Waals surface area contributed by atoms with Crippen LogP contribution >= 0.6 is 11.8 Å². The number of anilines is 1. The van der Waals surface area contributed by atoms with Gasteiger partial charge in [-0.2, -0.15) is 5.10 Å². The molecule has 0 saturated carbocycles. The molecule has 0 amide bonds. The van der Waals surface area contributed by atoms with Crippen LogP contribution in [-0.4, -0.2) is 21.5 Å². The van der Waals surface area contributed by atoms with E-state index in [2.05, 4.69) is 58.9 Å². The van der Waals surface area contributed by atoms with Gasteiger partial charge in [-0.3, -0.25) is 4.68 Å². The van der Waals surface area contributed by atoms with Crippen molar-refractivity contribution < 1.29 is 5.11 Å². The molecule has 0 radical (unpaired) electrons. The molecule has 23 heavy (non-hydrogen) atoms. The molecule has 2 N–H and O–H groups in total. The van der Waals surface area contributed by atoms with Crippen molar-refractivity contribution in [1.29, 1.82) is 0 Å². The lowest BCUT2D eigenvalue weighted by molar-refractivity contribution is 0.269. The quantitative estimate of drug-likeness (QED) is 0.696. The van der Waals surface area contributed by atoms with Crippen LogP contribution in [0.1, 0.15) is 5.56 Å². The number of hydrogen-bond donors (Lipinski definition) is 2. The molecule has 1 aromatic heterocycles. The maximum atomic E-state index is 8.89. The molecule has 0 aliphatic carbocycles. The number of nitrogens with zero attached hydrogens (tertiary/aromatic N) is 2. The summed E-state index contributed by atoms with van der Waals surface area (Å²) in [4.78, 5) is 2.48. The monoisotopic (exact) mass is 325 g/mol. The molecule has 0 spiro atoms. The fourth-order valence-electron chi connectivity index (χ4n) is 2.18. The van der Waals surface area contributed by atoms with Crippen LogP contribution in [0.15, 0.2) is 76.8 Å². The summed E-state index contributed by atoms with van der Waals surface area (Å²) in [6.45, 7) is 1.37. The van der Waals surface area contributed by atoms with E-state index in [1.54, 1.807) is 22.6 Å². The van der Waals surface area contributed by atoms with Crippen molar-refractivity contribution in [2.75, 3.05) is 11.9 Å². The molecule has 0 unspecified atom stereocenters. The fourth-order valence-corrected chi connectivity index (χ4v) is 3.02. The molecule has 118 valence electrons. The Morgan fingerprint density at radius 2 is 1.74 bits per heavy atom. The Hall–Kier alpha value is -2.24. The van der Waals surface area contributed by atoms with Gasteiger partial charge in [0.2, 0.25) is 0 Å². The Balaban J connectivity index is 1.54. The zero-order valence-electron chi connectivity index (χ0n) is 12.7. The number of aliphatic hydroxyl groups is 1. The van der Waals surface area contributed by atoms with Gasteiger partial charge in [0.05, 0.1) is 25.0 Å². The highest BCUT2D eigenvalue weighted by atomic mass is 32.2. The van der Waals surface area contributed by atoms with Crippen LogP contribution in [0.5, 0.6) is 0 Å². The topological polar surface area (TPSA) is 50.1 Å². The Bertz CT molecular complexity index is 726. The molecular formula is C18H19N3OS. The maximum Gasteiger partial charge on any atom is 0.0729 e. The second-order valence-electron chi connectivity index (χ2n) is 5.13. The molecule has 0 atom stereocenters. The second-order valence-corrected chi connectivity index (χ2v) is 6.28. The molecule has 4 nitrogen and oxygen atoms in total. The van der Waals surface area contributed by atoms with E-state index in [1.165, 1.54) is 15.4 Å². The van der Waals surface area contributed by atoms with E-state index in [0.29, 0.717) is 6.54 Å². The minimum Gasteiger partial charge on any atom is -0.394 e. The zero-order valence-corrected chi connectivity index (χ0v) is 13.5. The lowest BCUT2D eigenvalue weighted by Crippen LogP contribution is -2.02. The van der Waals surface area contributed by atoms with Crippen molar-refractivity contribution in [2.45, 2.75) is 22.9 Å². The molecule has 2 aromatic carbocycles. The van der Waals surface area contributed by atoms with Crippen molar-refractivity contribution >= 4 is 17.4 Å². The fraction of sp³-hybridized carbons (Fsp3) is 0.167. The predicted octanol–water partition coefficient (Wildman–Crippen LogP) is 3.64.